The van der Waals surface area contributed by atoms with Gasteiger partial charge in [0.1, 0.15) is 0 Å². The molecule has 0 bridgehead atoms. The third-order valence-corrected chi connectivity index (χ3v) is 4.46. The van der Waals surface area contributed by atoms with Crippen molar-refractivity contribution < 1.29 is 27.1 Å². The lowest BCUT2D eigenvalue weighted by molar-refractivity contribution is 0.0697. The van der Waals surface area contributed by atoms with Crippen molar-refractivity contribution in [1.82, 2.24) is 4.31 Å². The van der Waals surface area contributed by atoms with Crippen LogP contribution in [-0.2, 0) is 10.2 Å². The second-order valence-electron chi connectivity index (χ2n) is 4.33. The summed E-state index contributed by atoms with van der Waals surface area (Å²) in [5.41, 5.74) is -1.14. The van der Waals surface area contributed by atoms with E-state index >= 15 is 0 Å². The van der Waals surface area contributed by atoms with Crippen LogP contribution in [0.4, 0.5) is 14.5 Å². The molecule has 1 aromatic rings. The van der Waals surface area contributed by atoms with Gasteiger partial charge in [0, 0.05) is 19.2 Å². The van der Waals surface area contributed by atoms with Crippen LogP contribution in [0.2, 0.25) is 0 Å². The summed E-state index contributed by atoms with van der Waals surface area (Å²) in [7, 11) is -3.97. The maximum atomic E-state index is 13.2. The lowest BCUT2D eigenvalue weighted by Crippen LogP contribution is -2.33. The number of aromatic carboxylic acids is 1. The first kappa shape index (κ1) is 14.7. The predicted molar refractivity (Wildman–Crippen MR) is 66.7 cm³/mol. The zero-order chi connectivity index (χ0) is 14.9. The van der Waals surface area contributed by atoms with Crippen molar-refractivity contribution in [3.05, 3.63) is 29.3 Å². The maximum absolute atomic E-state index is 13.2. The van der Waals surface area contributed by atoms with Crippen LogP contribution in [0.1, 0.15) is 23.2 Å². The normalized spacial score (nSPS) is 16.3. The van der Waals surface area contributed by atoms with E-state index < -0.39 is 39.1 Å². The third-order valence-electron chi connectivity index (χ3n) is 2.93. The zero-order valence-electron chi connectivity index (χ0n) is 10.3. The molecule has 0 spiro atoms. The summed E-state index contributed by atoms with van der Waals surface area (Å²) in [5.74, 6) is -4.23. The summed E-state index contributed by atoms with van der Waals surface area (Å²) >= 11 is 0. The molecule has 1 fully saturated rings. The van der Waals surface area contributed by atoms with Crippen molar-refractivity contribution in [3.63, 3.8) is 0 Å². The molecule has 1 aliphatic rings. The average Bonchev–Trinajstić information content (AvgIpc) is 2.87. The molecule has 1 saturated heterocycles. The second-order valence-corrected chi connectivity index (χ2v) is 6.00. The molecule has 9 heteroatoms. The SMILES string of the molecule is O=C(O)c1cc(F)c(F)cc1NS(=O)(=O)N1CCCC1. The zero-order valence-corrected chi connectivity index (χ0v) is 11.1. The summed E-state index contributed by atoms with van der Waals surface area (Å²) in [6.07, 6.45) is 1.40. The number of nitrogens with zero attached hydrogens (tertiary/aromatic N) is 1. The van der Waals surface area contributed by atoms with Crippen LogP contribution in [0.15, 0.2) is 12.1 Å². The predicted octanol–water partition coefficient (Wildman–Crippen LogP) is 1.42. The highest BCUT2D eigenvalue weighted by molar-refractivity contribution is 7.90. The Morgan fingerprint density at radius 2 is 1.75 bits per heavy atom. The molecule has 0 aromatic heterocycles. The number of carboxylic acid groups (broad SMARTS) is 1. The van der Waals surface area contributed by atoms with Crippen molar-refractivity contribution in [1.29, 1.82) is 0 Å². The molecule has 0 aliphatic carbocycles. The summed E-state index contributed by atoms with van der Waals surface area (Å²) in [5, 5.41) is 8.91. The van der Waals surface area contributed by atoms with Crippen LogP contribution < -0.4 is 4.72 Å². The van der Waals surface area contributed by atoms with Gasteiger partial charge in [-0.3, -0.25) is 4.72 Å². The standard InChI is InChI=1S/C11H12F2N2O4S/c12-8-5-7(11(16)17)10(6-9(8)13)14-20(18,19)15-3-1-2-4-15/h5-6,14H,1-4H2,(H,16,17). The van der Waals surface area contributed by atoms with Crippen LogP contribution in [-0.4, -0.2) is 36.9 Å². The largest absolute Gasteiger partial charge is 0.478 e. The molecule has 2 N–H and O–H groups in total. The Morgan fingerprint density at radius 3 is 2.30 bits per heavy atom. The van der Waals surface area contributed by atoms with Gasteiger partial charge in [0.15, 0.2) is 11.6 Å². The van der Waals surface area contributed by atoms with Crippen LogP contribution in [0, 0.1) is 11.6 Å². The number of halogens is 2. The molecule has 0 radical (unpaired) electrons. The van der Waals surface area contributed by atoms with Crippen molar-refractivity contribution in [2.45, 2.75) is 12.8 Å². The average molecular weight is 306 g/mol. The van der Waals surface area contributed by atoms with Crippen LogP contribution in [0.3, 0.4) is 0 Å². The molecule has 1 aliphatic heterocycles. The van der Waals surface area contributed by atoms with Gasteiger partial charge in [-0.15, -0.1) is 0 Å². The van der Waals surface area contributed by atoms with Crippen LogP contribution >= 0.6 is 0 Å². The second kappa shape index (κ2) is 5.33. The Balaban J connectivity index is 2.37. The van der Waals surface area contributed by atoms with Crippen molar-refractivity contribution in [3.8, 4) is 0 Å². The van der Waals surface area contributed by atoms with Gasteiger partial charge in [-0.25, -0.2) is 13.6 Å². The first-order valence-electron chi connectivity index (χ1n) is 5.81. The van der Waals surface area contributed by atoms with Crippen molar-refractivity contribution in [2.75, 3.05) is 17.8 Å². The molecule has 2 rings (SSSR count). The molecule has 110 valence electrons. The van der Waals surface area contributed by atoms with Gasteiger partial charge in [-0.05, 0) is 18.9 Å². The Kier molecular flexibility index (Phi) is 3.91. The fourth-order valence-electron chi connectivity index (χ4n) is 1.94. The maximum Gasteiger partial charge on any atom is 0.337 e. The fourth-order valence-corrected chi connectivity index (χ4v) is 3.26. The molecular weight excluding hydrogens is 294 g/mol. The Bertz CT molecular complexity index is 642. The fraction of sp³-hybridized carbons (Fsp3) is 0.364. The molecule has 0 saturated carbocycles. The van der Waals surface area contributed by atoms with Crippen LogP contribution in [0.5, 0.6) is 0 Å². The van der Waals surface area contributed by atoms with E-state index in [1.54, 1.807) is 0 Å². The molecule has 6 nitrogen and oxygen atoms in total. The first-order valence-corrected chi connectivity index (χ1v) is 7.25. The third kappa shape index (κ3) is 2.88. The molecule has 0 amide bonds. The summed E-state index contributed by atoms with van der Waals surface area (Å²) < 4.78 is 53.3. The van der Waals surface area contributed by atoms with Crippen LogP contribution in [0.25, 0.3) is 0 Å². The van der Waals surface area contributed by atoms with Gasteiger partial charge < -0.3 is 5.11 Å². The van der Waals surface area contributed by atoms with E-state index in [1.807, 2.05) is 4.72 Å². The Morgan fingerprint density at radius 1 is 1.20 bits per heavy atom. The highest BCUT2D eigenvalue weighted by atomic mass is 32.2. The van der Waals surface area contributed by atoms with E-state index in [4.69, 9.17) is 5.11 Å². The van der Waals surface area contributed by atoms with E-state index in [0.717, 1.165) is 4.31 Å². The van der Waals surface area contributed by atoms with E-state index in [1.165, 1.54) is 0 Å². The highest BCUT2D eigenvalue weighted by Crippen LogP contribution is 2.23. The molecule has 1 heterocycles. The van der Waals surface area contributed by atoms with E-state index in [9.17, 15) is 22.0 Å². The molecule has 20 heavy (non-hydrogen) atoms. The quantitative estimate of drug-likeness (QED) is 0.880. The number of nitrogens with one attached hydrogen (secondary N) is 1. The first-order chi connectivity index (χ1) is 9.31. The van der Waals surface area contributed by atoms with Gasteiger partial charge in [-0.2, -0.15) is 12.7 Å². The minimum atomic E-state index is -3.97. The number of anilines is 1. The van der Waals surface area contributed by atoms with Crippen molar-refractivity contribution >= 4 is 21.9 Å². The number of carboxylic acids is 1. The van der Waals surface area contributed by atoms with Gasteiger partial charge in [-0.1, -0.05) is 0 Å². The van der Waals surface area contributed by atoms with E-state index in [0.29, 0.717) is 38.1 Å². The van der Waals surface area contributed by atoms with Gasteiger partial charge >= 0.3 is 16.2 Å². The summed E-state index contributed by atoms with van der Waals surface area (Å²) in [6.45, 7) is 0.614. The smallest absolute Gasteiger partial charge is 0.337 e. The summed E-state index contributed by atoms with van der Waals surface area (Å²) in [6, 6.07) is 0.964. The minimum absolute atomic E-state index is 0.307. The summed E-state index contributed by atoms with van der Waals surface area (Å²) in [4.78, 5) is 11.0. The Hall–Kier alpha value is -1.74. The Labute approximate surface area is 114 Å². The van der Waals surface area contributed by atoms with E-state index in [-0.39, 0.29) is 0 Å². The van der Waals surface area contributed by atoms with Gasteiger partial charge in [0.25, 0.3) is 0 Å². The monoisotopic (exact) mass is 306 g/mol. The number of benzene rings is 1. The van der Waals surface area contributed by atoms with Crippen molar-refractivity contribution in [2.24, 2.45) is 0 Å². The number of hydrogen-bond donors (Lipinski definition) is 2. The molecule has 0 unspecified atom stereocenters. The number of carbonyl (C=O) groups is 1. The minimum Gasteiger partial charge on any atom is -0.478 e. The lowest BCUT2D eigenvalue weighted by Gasteiger charge is -2.18. The van der Waals surface area contributed by atoms with Gasteiger partial charge in [0.2, 0.25) is 0 Å². The molecule has 1 aromatic carbocycles. The molecular formula is C11H12F2N2O4S. The number of hydrogen-bond acceptors (Lipinski definition) is 3. The van der Waals surface area contributed by atoms with E-state index in [2.05, 4.69) is 0 Å². The topological polar surface area (TPSA) is 86.7 Å². The lowest BCUT2D eigenvalue weighted by atomic mass is 10.2. The highest BCUT2D eigenvalue weighted by Gasteiger charge is 2.27. The number of rotatable bonds is 4. The molecule has 0 atom stereocenters. The van der Waals surface area contributed by atoms with Gasteiger partial charge in [0.05, 0.1) is 11.3 Å².